The topological polar surface area (TPSA) is 134 Å². The fraction of sp³-hybridized carbons (Fsp3) is 0.444. The molecule has 0 aliphatic carbocycles. The number of aromatic nitrogens is 1. The average Bonchev–Trinajstić information content (AvgIpc) is 2.96. The first-order valence-electron chi connectivity index (χ1n) is 13.0. The Balaban J connectivity index is 1.45. The summed E-state index contributed by atoms with van der Waals surface area (Å²) < 4.78 is 38.7. The molecule has 4 amide bonds. The Morgan fingerprint density at radius 3 is 2.68 bits per heavy atom. The zero-order valence-electron chi connectivity index (χ0n) is 22.5. The average molecular weight is 637 g/mol. The van der Waals surface area contributed by atoms with Crippen LogP contribution in [0.5, 0.6) is 0 Å². The number of ether oxygens (including phenoxy) is 2. The smallest absolute Gasteiger partial charge is 0.352 e. The summed E-state index contributed by atoms with van der Waals surface area (Å²) >= 11 is 3.40. The van der Waals surface area contributed by atoms with Gasteiger partial charge in [-0.1, -0.05) is 12.1 Å². The Morgan fingerprint density at radius 2 is 1.98 bits per heavy atom. The van der Waals surface area contributed by atoms with Crippen LogP contribution in [-0.2, 0) is 14.3 Å². The summed E-state index contributed by atoms with van der Waals surface area (Å²) in [4.78, 5) is 48.4. The number of carbonyl (C=O) groups is 3. The van der Waals surface area contributed by atoms with Gasteiger partial charge in [0.05, 0.1) is 37.2 Å². The number of piperidine rings is 1. The number of benzene rings is 1. The summed E-state index contributed by atoms with van der Waals surface area (Å²) in [5, 5.41) is 9.55. The second-order valence-electron chi connectivity index (χ2n) is 9.61. The molecule has 2 aliphatic rings. The van der Waals surface area contributed by atoms with E-state index in [1.54, 1.807) is 0 Å². The zero-order valence-corrected chi connectivity index (χ0v) is 24.1. The summed E-state index contributed by atoms with van der Waals surface area (Å²) in [6.07, 6.45) is 1.66. The maximum Gasteiger partial charge on any atom is 0.352 e. The molecule has 0 saturated carbocycles. The lowest BCUT2D eigenvalue weighted by Crippen LogP contribution is -2.54. The first kappa shape index (κ1) is 30.6. The third-order valence-electron chi connectivity index (χ3n) is 6.98. The van der Waals surface area contributed by atoms with Crippen molar-refractivity contribution in [1.29, 1.82) is 0 Å². The van der Waals surface area contributed by atoms with Crippen molar-refractivity contribution in [2.24, 2.45) is 10.9 Å². The minimum absolute atomic E-state index is 0.00481. The molecule has 0 radical (unpaired) electrons. The fourth-order valence-electron chi connectivity index (χ4n) is 5.09. The van der Waals surface area contributed by atoms with Gasteiger partial charge < -0.3 is 25.4 Å². The van der Waals surface area contributed by atoms with Crippen LogP contribution in [0.2, 0.25) is 0 Å². The molecule has 11 nitrogen and oxygen atoms in total. The Bertz CT molecular complexity index is 1310. The third-order valence-corrected chi connectivity index (χ3v) is 7.42. The van der Waals surface area contributed by atoms with Crippen molar-refractivity contribution < 1.29 is 32.6 Å². The molecule has 1 aromatic heterocycles. The van der Waals surface area contributed by atoms with Crippen LogP contribution >= 0.6 is 15.9 Å². The molecule has 3 heterocycles. The van der Waals surface area contributed by atoms with Gasteiger partial charge in [0.2, 0.25) is 0 Å². The summed E-state index contributed by atoms with van der Waals surface area (Å²) in [5.41, 5.74) is 0.955. The highest BCUT2D eigenvalue weighted by Crippen LogP contribution is 2.36. The predicted octanol–water partition coefficient (Wildman–Crippen LogP) is 3.27. The molecule has 1 fully saturated rings. The van der Waals surface area contributed by atoms with Crippen molar-refractivity contribution in [1.82, 2.24) is 25.8 Å². The number of halogens is 3. The SMILES string of the molecule is COCC1=NC(=O)N(C(=O)NCCNC2CCNC(c3cccc(Br)n3)C2)[C@@H](c2ccc(F)c(F)c2)C1C(=O)OC. The summed E-state index contributed by atoms with van der Waals surface area (Å²) in [6.45, 7) is 1.12. The van der Waals surface area contributed by atoms with Crippen LogP contribution in [0, 0.1) is 17.6 Å². The zero-order chi connectivity index (χ0) is 29.5. The molecule has 220 valence electrons. The van der Waals surface area contributed by atoms with E-state index in [-0.39, 0.29) is 36.5 Å². The molecular formula is C27H31BrF2N6O5. The van der Waals surface area contributed by atoms with Crippen LogP contribution in [-0.4, -0.2) is 80.1 Å². The number of pyridine rings is 1. The van der Waals surface area contributed by atoms with E-state index in [1.165, 1.54) is 13.2 Å². The van der Waals surface area contributed by atoms with Crippen molar-refractivity contribution in [3.8, 4) is 0 Å². The summed E-state index contributed by atoms with van der Waals surface area (Å²) in [5.74, 6) is -4.42. The molecule has 3 N–H and O–H groups in total. The minimum Gasteiger partial charge on any atom is -0.468 e. The number of esters is 1. The molecule has 3 unspecified atom stereocenters. The quantitative estimate of drug-likeness (QED) is 0.217. The van der Waals surface area contributed by atoms with Crippen molar-refractivity contribution in [3.05, 3.63) is 63.9 Å². The van der Waals surface area contributed by atoms with Crippen LogP contribution in [0.15, 0.2) is 46.0 Å². The maximum absolute atomic E-state index is 14.2. The minimum atomic E-state index is -1.34. The molecular weight excluding hydrogens is 606 g/mol. The van der Waals surface area contributed by atoms with Gasteiger partial charge in [-0.05, 0) is 65.1 Å². The number of hydrogen-bond acceptors (Lipinski definition) is 8. The predicted molar refractivity (Wildman–Crippen MR) is 148 cm³/mol. The normalized spacial score (nSPS) is 22.7. The van der Waals surface area contributed by atoms with Gasteiger partial charge in [-0.15, -0.1) is 0 Å². The number of nitrogens with zero attached hydrogens (tertiary/aromatic N) is 3. The Labute approximate surface area is 244 Å². The number of methoxy groups -OCH3 is 2. The second kappa shape index (κ2) is 14.0. The lowest BCUT2D eigenvalue weighted by Gasteiger charge is -2.37. The number of carbonyl (C=O) groups excluding carboxylic acids is 3. The number of aliphatic imine (C=N–C) groups is 1. The van der Waals surface area contributed by atoms with E-state index in [0.717, 1.165) is 53.8 Å². The van der Waals surface area contributed by atoms with Gasteiger partial charge in [-0.2, -0.15) is 4.99 Å². The Morgan fingerprint density at radius 1 is 1.17 bits per heavy atom. The molecule has 0 bridgehead atoms. The van der Waals surface area contributed by atoms with Crippen molar-refractivity contribution >= 4 is 39.7 Å². The van der Waals surface area contributed by atoms with Crippen LogP contribution in [0.4, 0.5) is 18.4 Å². The van der Waals surface area contributed by atoms with Crippen LogP contribution in [0.1, 0.15) is 36.2 Å². The molecule has 4 rings (SSSR count). The summed E-state index contributed by atoms with van der Waals surface area (Å²) in [6, 6.07) is 5.75. The van der Waals surface area contributed by atoms with Gasteiger partial charge in [-0.25, -0.2) is 28.3 Å². The Kier molecular flexibility index (Phi) is 10.5. The van der Waals surface area contributed by atoms with Crippen LogP contribution < -0.4 is 16.0 Å². The van der Waals surface area contributed by atoms with Gasteiger partial charge in [0, 0.05) is 26.2 Å². The van der Waals surface area contributed by atoms with E-state index >= 15 is 0 Å². The number of rotatable bonds is 9. The highest BCUT2D eigenvalue weighted by Gasteiger charge is 2.47. The largest absolute Gasteiger partial charge is 0.468 e. The van der Waals surface area contributed by atoms with Crippen molar-refractivity contribution in [2.45, 2.75) is 31.0 Å². The molecule has 0 spiro atoms. The first-order chi connectivity index (χ1) is 19.7. The molecule has 14 heteroatoms. The van der Waals surface area contributed by atoms with Gasteiger partial charge in [0.25, 0.3) is 0 Å². The van der Waals surface area contributed by atoms with Gasteiger partial charge in [-0.3, -0.25) is 4.79 Å². The highest BCUT2D eigenvalue weighted by atomic mass is 79.9. The van der Waals surface area contributed by atoms with Crippen molar-refractivity contribution in [2.75, 3.05) is 40.5 Å². The Hall–Kier alpha value is -3.33. The van der Waals surface area contributed by atoms with E-state index in [1.807, 2.05) is 18.2 Å². The van der Waals surface area contributed by atoms with Crippen LogP contribution in [0.25, 0.3) is 0 Å². The standard InChI is InChI=1S/C27H31BrF2N6O5/c1-40-14-21-23(25(37)41-2)24(15-6-7-17(29)18(30)12-15)36(27(39)35-21)26(38)33-11-10-31-16-8-9-32-20(13-16)19-4-3-5-22(28)34-19/h3-7,12,16,20,23-24,31-32H,8-11,13-14H2,1-2H3,(H,33,38)/t16?,20?,23?,24-/m0/s1. The van der Waals surface area contributed by atoms with E-state index in [2.05, 4.69) is 41.9 Å². The van der Waals surface area contributed by atoms with Gasteiger partial charge in [0.15, 0.2) is 11.6 Å². The number of imide groups is 1. The second-order valence-corrected chi connectivity index (χ2v) is 10.4. The van der Waals surface area contributed by atoms with E-state index in [4.69, 9.17) is 9.47 Å². The molecule has 1 aromatic carbocycles. The van der Waals surface area contributed by atoms with E-state index in [9.17, 15) is 23.2 Å². The number of amides is 4. The lowest BCUT2D eigenvalue weighted by molar-refractivity contribution is -0.144. The fourth-order valence-corrected chi connectivity index (χ4v) is 5.44. The molecule has 1 saturated heterocycles. The first-order valence-corrected chi connectivity index (χ1v) is 13.8. The van der Waals surface area contributed by atoms with E-state index in [0.29, 0.717) is 6.54 Å². The van der Waals surface area contributed by atoms with Gasteiger partial charge in [0.1, 0.15) is 10.5 Å². The number of nitrogens with one attached hydrogen (secondary N) is 3. The van der Waals surface area contributed by atoms with Crippen molar-refractivity contribution in [3.63, 3.8) is 0 Å². The lowest BCUT2D eigenvalue weighted by atomic mass is 9.86. The number of urea groups is 2. The maximum atomic E-state index is 14.2. The molecule has 2 aromatic rings. The third kappa shape index (κ3) is 7.31. The monoisotopic (exact) mass is 636 g/mol. The highest BCUT2D eigenvalue weighted by molar-refractivity contribution is 9.10. The van der Waals surface area contributed by atoms with E-state index < -0.39 is 41.6 Å². The molecule has 41 heavy (non-hydrogen) atoms. The molecule has 4 atom stereocenters. The number of hydrogen-bond donors (Lipinski definition) is 3. The van der Waals surface area contributed by atoms with Crippen LogP contribution in [0.3, 0.4) is 0 Å². The summed E-state index contributed by atoms with van der Waals surface area (Å²) in [7, 11) is 2.49. The molecule has 2 aliphatic heterocycles. The van der Waals surface area contributed by atoms with Gasteiger partial charge >= 0.3 is 18.0 Å².